The van der Waals surface area contributed by atoms with Gasteiger partial charge in [-0.25, -0.2) is 4.79 Å². The summed E-state index contributed by atoms with van der Waals surface area (Å²) < 4.78 is -1.31. The number of rotatable bonds is 16. The summed E-state index contributed by atoms with van der Waals surface area (Å²) in [6.45, 7) is 17.5. The Bertz CT molecular complexity index is 863. The molecule has 0 spiro atoms. The van der Waals surface area contributed by atoms with Gasteiger partial charge < -0.3 is 20.8 Å². The van der Waals surface area contributed by atoms with Crippen molar-refractivity contribution in [2.45, 2.75) is 118 Å². The summed E-state index contributed by atoms with van der Waals surface area (Å²) in [4.78, 5) is 61.3. The van der Waals surface area contributed by atoms with Crippen LogP contribution in [0.5, 0.6) is 0 Å². The van der Waals surface area contributed by atoms with Crippen molar-refractivity contribution >= 4 is 42.2 Å². The molecule has 214 valence electrons. The summed E-state index contributed by atoms with van der Waals surface area (Å²) in [5, 5.41) is 24.5. The molecule has 0 bridgehead atoms. The smallest absolute Gasteiger partial charge is 0.326 e. The minimum absolute atomic E-state index is 0.0583. The third-order valence-corrected chi connectivity index (χ3v) is 7.23. The molecule has 0 aliphatic rings. The Morgan fingerprint density at radius 2 is 1.35 bits per heavy atom. The first-order valence-corrected chi connectivity index (χ1v) is 13.2. The molecule has 9 nitrogen and oxygen atoms in total. The van der Waals surface area contributed by atoms with Crippen LogP contribution in [0, 0.1) is 22.7 Å². The molecule has 0 rings (SSSR count). The normalized spacial score (nSPS) is 15.9. The van der Waals surface area contributed by atoms with Crippen LogP contribution in [-0.2, 0) is 24.0 Å². The lowest BCUT2D eigenvalue weighted by molar-refractivity contribution is -0.145. The first kappa shape index (κ1) is 34.9. The second-order valence-corrected chi connectivity index (χ2v) is 13.8. The number of nitrogens with one attached hydrogen (secondary N) is 2. The number of aliphatic carboxylic acids is 2. The van der Waals surface area contributed by atoms with Gasteiger partial charge in [0.05, 0.1) is 0 Å². The maximum absolute atomic E-state index is 12.9. The van der Waals surface area contributed by atoms with Crippen LogP contribution in [0.4, 0.5) is 0 Å². The lowest BCUT2D eigenvalue weighted by Crippen LogP contribution is -2.50. The fourth-order valence-corrected chi connectivity index (χ4v) is 4.66. The van der Waals surface area contributed by atoms with E-state index in [1.54, 1.807) is 20.8 Å². The Labute approximate surface area is 227 Å². The van der Waals surface area contributed by atoms with Gasteiger partial charge in [-0.1, -0.05) is 48.5 Å². The number of hydrogen-bond donors (Lipinski definition) is 5. The lowest BCUT2D eigenvalue weighted by Gasteiger charge is -2.36. The van der Waals surface area contributed by atoms with Crippen molar-refractivity contribution < 1.29 is 34.2 Å². The van der Waals surface area contributed by atoms with E-state index in [0.717, 1.165) is 0 Å². The molecule has 0 fully saturated rings. The highest BCUT2D eigenvalue weighted by Gasteiger charge is 2.38. The molecular formula is C27H48N2O7S. The molecule has 0 aromatic rings. The van der Waals surface area contributed by atoms with E-state index in [9.17, 15) is 34.2 Å². The number of Topliss-reactive ketones (excluding diaryl/α,β-unsaturated/α-hetero) is 1. The molecule has 2 amide bonds. The van der Waals surface area contributed by atoms with Crippen LogP contribution in [0.3, 0.4) is 0 Å². The van der Waals surface area contributed by atoms with E-state index < -0.39 is 50.9 Å². The molecule has 0 saturated carbocycles. The predicted octanol–water partition coefficient (Wildman–Crippen LogP) is 4.09. The van der Waals surface area contributed by atoms with E-state index in [2.05, 4.69) is 23.3 Å². The summed E-state index contributed by atoms with van der Waals surface area (Å²) in [5.41, 5.74) is -2.27. The van der Waals surface area contributed by atoms with Crippen LogP contribution in [-0.4, -0.2) is 56.1 Å². The Kier molecular flexibility index (Phi) is 12.4. The van der Waals surface area contributed by atoms with Gasteiger partial charge in [-0.3, -0.25) is 19.2 Å². The van der Waals surface area contributed by atoms with E-state index in [0.29, 0.717) is 6.42 Å². The summed E-state index contributed by atoms with van der Waals surface area (Å²) in [7, 11) is 0. The molecule has 4 N–H and O–H groups in total. The van der Waals surface area contributed by atoms with Crippen LogP contribution in [0.1, 0.15) is 101 Å². The fourth-order valence-electron chi connectivity index (χ4n) is 4.54. The van der Waals surface area contributed by atoms with Crippen LogP contribution < -0.4 is 10.6 Å². The van der Waals surface area contributed by atoms with Gasteiger partial charge in [0, 0.05) is 28.7 Å². The highest BCUT2D eigenvalue weighted by molar-refractivity contribution is 7.82. The van der Waals surface area contributed by atoms with Crippen molar-refractivity contribution in [3.63, 3.8) is 0 Å². The Morgan fingerprint density at radius 3 is 1.78 bits per heavy atom. The van der Waals surface area contributed by atoms with E-state index in [1.165, 1.54) is 6.92 Å². The third kappa shape index (κ3) is 11.4. The summed E-state index contributed by atoms with van der Waals surface area (Å²) in [5.74, 6) is -3.62. The topological polar surface area (TPSA) is 150 Å². The summed E-state index contributed by atoms with van der Waals surface area (Å²) in [6.07, 6.45) is 1.05. The molecule has 10 heteroatoms. The monoisotopic (exact) mass is 544 g/mol. The van der Waals surface area contributed by atoms with Crippen molar-refractivity contribution in [3.05, 3.63) is 0 Å². The standard InChI is InChI=1S/C27H48N2O7S/c1-16(2)20(31)25(6,7)15-26(8,9)29-18(30)12-11-17(3)19(21(32)33)28-22(34)24(4,5)13-14-27(10,37)23(35)36/h16-17,19,37H,11-15H2,1-10H3,(H,28,34)(H,29,30)(H,32,33)(H,35,36)/t17?,19-,27?/m0/s1. The molecule has 0 aromatic carbocycles. The van der Waals surface area contributed by atoms with Gasteiger partial charge in [0.15, 0.2) is 0 Å². The zero-order chi connectivity index (χ0) is 29.6. The zero-order valence-corrected chi connectivity index (χ0v) is 25.0. The van der Waals surface area contributed by atoms with E-state index in [-0.39, 0.29) is 43.3 Å². The SMILES string of the molecule is CC(C)C(=O)C(C)(C)CC(C)(C)NC(=O)CCC(C)[C@H](NC(=O)C(C)(C)CCC(C)(S)C(=O)O)C(=O)O. The van der Waals surface area contributed by atoms with Gasteiger partial charge in [0.25, 0.3) is 0 Å². The largest absolute Gasteiger partial charge is 0.480 e. The van der Waals surface area contributed by atoms with Crippen LogP contribution >= 0.6 is 12.6 Å². The quantitative estimate of drug-likeness (QED) is 0.184. The van der Waals surface area contributed by atoms with Crippen LogP contribution in [0.2, 0.25) is 0 Å². The Balaban J connectivity index is 5.13. The lowest BCUT2D eigenvalue weighted by atomic mass is 9.74. The number of carboxylic acid groups (broad SMARTS) is 2. The van der Waals surface area contributed by atoms with Crippen LogP contribution in [0.25, 0.3) is 0 Å². The highest BCUT2D eigenvalue weighted by atomic mass is 32.1. The van der Waals surface area contributed by atoms with E-state index >= 15 is 0 Å². The second-order valence-electron chi connectivity index (χ2n) is 12.8. The number of hydrogen-bond acceptors (Lipinski definition) is 6. The molecule has 0 heterocycles. The van der Waals surface area contributed by atoms with E-state index in [4.69, 9.17) is 0 Å². The molecule has 3 atom stereocenters. The van der Waals surface area contributed by atoms with Crippen molar-refractivity contribution in [1.82, 2.24) is 10.6 Å². The number of carbonyl (C=O) groups excluding carboxylic acids is 3. The number of amides is 2. The van der Waals surface area contributed by atoms with Crippen molar-refractivity contribution in [2.24, 2.45) is 22.7 Å². The Morgan fingerprint density at radius 1 is 0.838 bits per heavy atom. The average Bonchev–Trinajstić information content (AvgIpc) is 2.72. The zero-order valence-electron chi connectivity index (χ0n) is 24.2. The van der Waals surface area contributed by atoms with Gasteiger partial charge in [-0.2, -0.15) is 12.6 Å². The predicted molar refractivity (Wildman–Crippen MR) is 146 cm³/mol. The molecule has 0 radical (unpaired) electrons. The number of ketones is 1. The minimum atomic E-state index is -1.31. The maximum atomic E-state index is 12.9. The summed E-state index contributed by atoms with van der Waals surface area (Å²) >= 11 is 4.13. The highest BCUT2D eigenvalue weighted by Crippen LogP contribution is 2.32. The number of carboxylic acids is 2. The van der Waals surface area contributed by atoms with Gasteiger partial charge in [-0.05, 0) is 52.4 Å². The first-order chi connectivity index (χ1) is 16.4. The maximum Gasteiger partial charge on any atom is 0.326 e. The van der Waals surface area contributed by atoms with Crippen molar-refractivity contribution in [3.8, 4) is 0 Å². The minimum Gasteiger partial charge on any atom is -0.480 e. The molecule has 2 unspecified atom stereocenters. The van der Waals surface area contributed by atoms with Gasteiger partial charge >= 0.3 is 11.9 Å². The second kappa shape index (κ2) is 13.1. The van der Waals surface area contributed by atoms with Crippen molar-refractivity contribution in [1.29, 1.82) is 0 Å². The summed E-state index contributed by atoms with van der Waals surface area (Å²) in [6, 6.07) is -1.21. The van der Waals surface area contributed by atoms with Gasteiger partial charge in [0.2, 0.25) is 11.8 Å². The first-order valence-electron chi connectivity index (χ1n) is 12.8. The van der Waals surface area contributed by atoms with Crippen molar-refractivity contribution in [2.75, 3.05) is 0 Å². The molecule has 0 aliphatic carbocycles. The number of carbonyl (C=O) groups is 5. The molecular weight excluding hydrogens is 496 g/mol. The van der Waals surface area contributed by atoms with E-state index in [1.807, 2.05) is 41.5 Å². The molecule has 0 saturated heterocycles. The van der Waals surface area contributed by atoms with Gasteiger partial charge in [0.1, 0.15) is 16.6 Å². The Hall–Kier alpha value is -2.10. The molecule has 0 aromatic heterocycles. The molecule has 37 heavy (non-hydrogen) atoms. The van der Waals surface area contributed by atoms with Crippen LogP contribution in [0.15, 0.2) is 0 Å². The fraction of sp³-hybridized carbons (Fsp3) is 0.815. The van der Waals surface area contributed by atoms with Gasteiger partial charge in [-0.15, -0.1) is 0 Å². The average molecular weight is 545 g/mol. The number of thiol groups is 1. The third-order valence-electron chi connectivity index (χ3n) is 6.81. The molecule has 0 aliphatic heterocycles.